The number of fused-ring (bicyclic) bond motifs is 1. The number of hydrogen-bond donors (Lipinski definition) is 3. The molecule has 2 aromatic carbocycles. The van der Waals surface area contributed by atoms with Gasteiger partial charge in [-0.25, -0.2) is 12.7 Å². The number of aromatic amines is 1. The molecule has 0 aliphatic carbocycles. The molecule has 0 atom stereocenters. The largest absolute Gasteiger partial charge is 0.398 e. The van der Waals surface area contributed by atoms with Gasteiger partial charge in [-0.3, -0.25) is 14.6 Å². The molecule has 0 spiro atoms. The Morgan fingerprint density at radius 3 is 2.53 bits per heavy atom. The quantitative estimate of drug-likeness (QED) is 0.350. The number of H-pyrrole nitrogens is 1. The Bertz CT molecular complexity index is 1430. The lowest BCUT2D eigenvalue weighted by Gasteiger charge is -2.18. The molecule has 0 aliphatic heterocycles. The van der Waals surface area contributed by atoms with Crippen molar-refractivity contribution in [1.82, 2.24) is 19.6 Å². The van der Waals surface area contributed by atoms with Gasteiger partial charge in [-0.1, -0.05) is 30.3 Å². The molecule has 2 amide bonds. The SMILES string of the molecule is CN(C(=O)Cc1ccccc1N)S(=O)(=O)c1ccc(CNC(=O)c2cc3cnccc3[nH]2)cc1. The minimum atomic E-state index is -4.03. The van der Waals surface area contributed by atoms with Crippen molar-refractivity contribution in [3.63, 3.8) is 0 Å². The summed E-state index contributed by atoms with van der Waals surface area (Å²) in [5, 5.41) is 3.62. The maximum atomic E-state index is 12.9. The Hall–Kier alpha value is -4.18. The zero-order valence-electron chi connectivity index (χ0n) is 18.4. The smallest absolute Gasteiger partial charge is 0.267 e. The van der Waals surface area contributed by atoms with Gasteiger partial charge in [-0.05, 0) is 41.5 Å². The molecule has 34 heavy (non-hydrogen) atoms. The summed E-state index contributed by atoms with van der Waals surface area (Å²) >= 11 is 0. The van der Waals surface area contributed by atoms with Crippen molar-refractivity contribution < 1.29 is 18.0 Å². The van der Waals surface area contributed by atoms with E-state index in [-0.39, 0.29) is 23.8 Å². The van der Waals surface area contributed by atoms with Gasteiger partial charge in [0.25, 0.3) is 15.9 Å². The summed E-state index contributed by atoms with van der Waals surface area (Å²) in [5.74, 6) is -0.888. The number of sulfonamides is 1. The average Bonchev–Trinajstić information content (AvgIpc) is 3.28. The maximum Gasteiger partial charge on any atom is 0.267 e. The molecule has 2 aromatic heterocycles. The number of para-hydroxylation sites is 1. The van der Waals surface area contributed by atoms with Crippen molar-refractivity contribution in [1.29, 1.82) is 0 Å². The molecule has 10 heteroatoms. The number of nitrogen functional groups attached to an aromatic ring is 1. The summed E-state index contributed by atoms with van der Waals surface area (Å²) in [6, 6.07) is 16.3. The monoisotopic (exact) mass is 477 g/mol. The van der Waals surface area contributed by atoms with Crippen LogP contribution in [0.2, 0.25) is 0 Å². The van der Waals surface area contributed by atoms with Crippen LogP contribution in [0.1, 0.15) is 21.6 Å². The summed E-state index contributed by atoms with van der Waals surface area (Å²) in [7, 11) is -2.81. The molecule has 0 aliphatic rings. The Balaban J connectivity index is 1.40. The first-order valence-corrected chi connectivity index (χ1v) is 11.8. The first-order chi connectivity index (χ1) is 16.3. The van der Waals surface area contributed by atoms with Gasteiger partial charge in [0.1, 0.15) is 5.69 Å². The third-order valence-corrected chi connectivity index (χ3v) is 7.24. The van der Waals surface area contributed by atoms with Gasteiger partial charge in [0, 0.05) is 42.6 Å². The van der Waals surface area contributed by atoms with Gasteiger partial charge in [0.2, 0.25) is 5.91 Å². The van der Waals surface area contributed by atoms with Crippen LogP contribution in [0, 0.1) is 0 Å². The molecule has 2 heterocycles. The lowest BCUT2D eigenvalue weighted by molar-refractivity contribution is -0.124. The number of rotatable bonds is 7. The van der Waals surface area contributed by atoms with Gasteiger partial charge < -0.3 is 16.0 Å². The standard InChI is InChI=1S/C24H23N5O4S/c1-29(23(30)13-17-4-2-3-5-20(17)25)34(32,33)19-8-6-16(7-9-19)14-27-24(31)22-12-18-15-26-11-10-21(18)28-22/h2-12,15,28H,13-14,25H2,1H3,(H,27,31). The number of benzene rings is 2. The zero-order chi connectivity index (χ0) is 24.3. The molecule has 4 rings (SSSR count). The normalized spacial score (nSPS) is 11.3. The van der Waals surface area contributed by atoms with Crippen molar-refractivity contribution in [3.8, 4) is 0 Å². The first kappa shape index (κ1) is 23.0. The fraction of sp³-hybridized carbons (Fsp3) is 0.125. The molecule has 0 unspecified atom stereocenters. The fourth-order valence-corrected chi connectivity index (χ4v) is 4.54. The lowest BCUT2D eigenvalue weighted by atomic mass is 10.1. The van der Waals surface area contributed by atoms with E-state index >= 15 is 0 Å². The highest BCUT2D eigenvalue weighted by atomic mass is 32.2. The van der Waals surface area contributed by atoms with E-state index in [0.717, 1.165) is 15.2 Å². The van der Waals surface area contributed by atoms with Crippen LogP contribution < -0.4 is 11.1 Å². The van der Waals surface area contributed by atoms with Crippen LogP contribution in [-0.2, 0) is 27.8 Å². The minimum absolute atomic E-state index is 0.0254. The number of carbonyl (C=O) groups excluding carboxylic acids is 2. The van der Waals surface area contributed by atoms with E-state index in [2.05, 4.69) is 15.3 Å². The number of nitrogens with one attached hydrogen (secondary N) is 2. The Morgan fingerprint density at radius 2 is 1.82 bits per heavy atom. The van der Waals surface area contributed by atoms with Crippen molar-refractivity contribution in [3.05, 3.63) is 89.9 Å². The van der Waals surface area contributed by atoms with E-state index in [1.807, 2.05) is 0 Å². The summed E-state index contributed by atoms with van der Waals surface area (Å²) in [6.45, 7) is 0.203. The van der Waals surface area contributed by atoms with E-state index in [4.69, 9.17) is 5.73 Å². The van der Waals surface area contributed by atoms with Crippen LogP contribution >= 0.6 is 0 Å². The van der Waals surface area contributed by atoms with Crippen molar-refractivity contribution in [2.24, 2.45) is 0 Å². The number of nitrogens with zero attached hydrogens (tertiary/aromatic N) is 2. The van der Waals surface area contributed by atoms with Crippen molar-refractivity contribution >= 4 is 38.4 Å². The molecule has 174 valence electrons. The second-order valence-corrected chi connectivity index (χ2v) is 9.68. The highest BCUT2D eigenvalue weighted by molar-refractivity contribution is 7.89. The molecule has 0 saturated carbocycles. The molecule has 4 N–H and O–H groups in total. The molecule has 0 bridgehead atoms. The number of hydrogen-bond acceptors (Lipinski definition) is 6. The molecular weight excluding hydrogens is 454 g/mol. The van der Waals surface area contributed by atoms with E-state index < -0.39 is 15.9 Å². The predicted molar refractivity (Wildman–Crippen MR) is 128 cm³/mol. The summed E-state index contributed by atoms with van der Waals surface area (Å²) in [4.78, 5) is 32.0. The molecular formula is C24H23N5O4S. The van der Waals surface area contributed by atoms with Crippen LogP contribution in [0.15, 0.2) is 78.0 Å². The van der Waals surface area contributed by atoms with Gasteiger partial charge in [0.05, 0.1) is 11.3 Å². The third kappa shape index (κ3) is 4.76. The Labute approximate surface area is 196 Å². The number of amides is 2. The predicted octanol–water partition coefficient (Wildman–Crippen LogP) is 2.46. The van der Waals surface area contributed by atoms with Crippen LogP contribution in [0.3, 0.4) is 0 Å². The van der Waals surface area contributed by atoms with Gasteiger partial charge in [-0.15, -0.1) is 0 Å². The van der Waals surface area contributed by atoms with Crippen LogP contribution in [0.4, 0.5) is 5.69 Å². The second-order valence-electron chi connectivity index (χ2n) is 7.71. The third-order valence-electron chi connectivity index (χ3n) is 5.45. The highest BCUT2D eigenvalue weighted by Gasteiger charge is 2.26. The number of carbonyl (C=O) groups is 2. The van der Waals surface area contributed by atoms with Gasteiger partial charge >= 0.3 is 0 Å². The lowest BCUT2D eigenvalue weighted by Crippen LogP contribution is -2.34. The zero-order valence-corrected chi connectivity index (χ0v) is 19.2. The molecule has 0 saturated heterocycles. The molecule has 0 radical (unpaired) electrons. The van der Waals surface area contributed by atoms with Gasteiger partial charge in [-0.2, -0.15) is 0 Å². The second kappa shape index (κ2) is 9.36. The van der Waals surface area contributed by atoms with Gasteiger partial charge in [0.15, 0.2) is 0 Å². The fourth-order valence-electron chi connectivity index (χ4n) is 3.41. The summed E-state index contributed by atoms with van der Waals surface area (Å²) in [5.41, 5.74) is 8.76. The average molecular weight is 478 g/mol. The molecule has 9 nitrogen and oxygen atoms in total. The van der Waals surface area contributed by atoms with Crippen LogP contribution in [0.5, 0.6) is 0 Å². The Kier molecular flexibility index (Phi) is 6.33. The van der Waals surface area contributed by atoms with Crippen LogP contribution in [0.25, 0.3) is 10.9 Å². The number of aromatic nitrogens is 2. The van der Waals surface area contributed by atoms with E-state index in [9.17, 15) is 18.0 Å². The first-order valence-electron chi connectivity index (χ1n) is 10.4. The van der Waals surface area contributed by atoms with E-state index in [1.165, 1.54) is 19.2 Å². The number of anilines is 1. The maximum absolute atomic E-state index is 12.9. The van der Waals surface area contributed by atoms with Crippen molar-refractivity contribution in [2.75, 3.05) is 12.8 Å². The molecule has 4 aromatic rings. The van der Waals surface area contributed by atoms with E-state index in [0.29, 0.717) is 22.5 Å². The van der Waals surface area contributed by atoms with Crippen LogP contribution in [-0.4, -0.2) is 41.6 Å². The highest BCUT2D eigenvalue weighted by Crippen LogP contribution is 2.19. The number of nitrogens with two attached hydrogens (primary N) is 1. The minimum Gasteiger partial charge on any atom is -0.398 e. The summed E-state index contributed by atoms with van der Waals surface area (Å²) in [6.07, 6.45) is 3.17. The Morgan fingerprint density at radius 1 is 1.09 bits per heavy atom. The summed E-state index contributed by atoms with van der Waals surface area (Å²) < 4.78 is 26.5. The molecule has 0 fully saturated rings. The van der Waals surface area contributed by atoms with Crippen molar-refractivity contribution in [2.45, 2.75) is 17.9 Å². The number of likely N-dealkylation sites (N-methyl/N-ethyl adjacent to an activating group) is 1. The topological polar surface area (TPSA) is 138 Å². The number of pyridine rings is 1. The van der Waals surface area contributed by atoms with E-state index in [1.54, 1.807) is 60.9 Å².